The van der Waals surface area contributed by atoms with Gasteiger partial charge in [-0.05, 0) is 50.8 Å². The number of piperidine rings is 2. The van der Waals surface area contributed by atoms with Gasteiger partial charge in [0.2, 0.25) is 0 Å². The van der Waals surface area contributed by atoms with Crippen molar-refractivity contribution in [2.45, 2.75) is 32.6 Å². The number of hydrogen-bond acceptors (Lipinski definition) is 4. The van der Waals surface area contributed by atoms with Crippen LogP contribution in [0.25, 0.3) is 0 Å². The van der Waals surface area contributed by atoms with Crippen molar-refractivity contribution in [1.29, 1.82) is 5.26 Å². The molecule has 1 spiro atoms. The third kappa shape index (κ3) is 2.38. The summed E-state index contributed by atoms with van der Waals surface area (Å²) >= 11 is 0. The molecule has 1 aromatic heterocycles. The number of aryl methyl sites for hydroxylation is 1. The normalized spacial score (nSPS) is 26.5. The summed E-state index contributed by atoms with van der Waals surface area (Å²) in [6.07, 6.45) is 6.88. The van der Waals surface area contributed by atoms with Crippen LogP contribution in [0, 0.1) is 23.7 Å². The number of pyridine rings is 1. The Morgan fingerprint density at radius 1 is 1.40 bits per heavy atom. The highest BCUT2D eigenvalue weighted by atomic mass is 15.2. The quantitative estimate of drug-likeness (QED) is 0.850. The highest BCUT2D eigenvalue weighted by Crippen LogP contribution is 2.38. The van der Waals surface area contributed by atoms with Crippen molar-refractivity contribution in [2.75, 3.05) is 31.1 Å². The van der Waals surface area contributed by atoms with Crippen molar-refractivity contribution in [1.82, 2.24) is 10.3 Å². The maximum absolute atomic E-state index is 9.40. The summed E-state index contributed by atoms with van der Waals surface area (Å²) < 4.78 is 0. The minimum Gasteiger partial charge on any atom is -0.355 e. The van der Waals surface area contributed by atoms with Crippen LogP contribution in [0.3, 0.4) is 0 Å². The lowest BCUT2D eigenvalue weighted by molar-refractivity contribution is 0.173. The van der Waals surface area contributed by atoms with Crippen molar-refractivity contribution >= 4 is 5.82 Å². The number of nitrogens with zero attached hydrogens (tertiary/aromatic N) is 3. The van der Waals surface area contributed by atoms with Gasteiger partial charge in [0.25, 0.3) is 0 Å². The molecule has 3 heterocycles. The molecule has 1 atom stereocenters. The fourth-order valence-corrected chi connectivity index (χ4v) is 3.69. The lowest BCUT2D eigenvalue weighted by Crippen LogP contribution is -2.51. The zero-order valence-corrected chi connectivity index (χ0v) is 12.2. The molecule has 2 aliphatic heterocycles. The van der Waals surface area contributed by atoms with Gasteiger partial charge in [0.1, 0.15) is 11.9 Å². The SMILES string of the molecule is Cc1ccnc(N2CCCC3(CCCNC3)C2)c1C#N. The minimum absolute atomic E-state index is 0.384. The summed E-state index contributed by atoms with van der Waals surface area (Å²) in [5, 5.41) is 12.9. The Labute approximate surface area is 120 Å². The van der Waals surface area contributed by atoms with E-state index in [0.29, 0.717) is 5.41 Å². The second kappa shape index (κ2) is 5.41. The highest BCUT2D eigenvalue weighted by molar-refractivity contribution is 5.57. The van der Waals surface area contributed by atoms with E-state index in [-0.39, 0.29) is 0 Å². The number of anilines is 1. The standard InChI is InChI=1S/C16H22N4/c1-13-4-8-19-15(14(13)10-17)20-9-3-6-16(12-20)5-2-7-18-11-16/h4,8,18H,2-3,5-7,9,11-12H2,1H3. The van der Waals surface area contributed by atoms with E-state index in [4.69, 9.17) is 0 Å². The van der Waals surface area contributed by atoms with Gasteiger partial charge in [0, 0.05) is 31.2 Å². The molecule has 0 aliphatic carbocycles. The topological polar surface area (TPSA) is 52.0 Å². The van der Waals surface area contributed by atoms with E-state index in [2.05, 4.69) is 21.3 Å². The number of nitriles is 1. The van der Waals surface area contributed by atoms with Gasteiger partial charge in [-0.3, -0.25) is 0 Å². The zero-order chi connectivity index (χ0) is 14.0. The summed E-state index contributed by atoms with van der Waals surface area (Å²) in [5.41, 5.74) is 2.15. The van der Waals surface area contributed by atoms with Gasteiger partial charge in [0.05, 0.1) is 5.56 Å². The molecule has 1 unspecified atom stereocenters. The molecule has 0 amide bonds. The summed E-state index contributed by atoms with van der Waals surface area (Å²) in [4.78, 5) is 6.83. The van der Waals surface area contributed by atoms with Gasteiger partial charge in [-0.15, -0.1) is 0 Å². The Morgan fingerprint density at radius 2 is 2.25 bits per heavy atom. The predicted octanol–water partition coefficient (Wildman–Crippen LogP) is 2.23. The van der Waals surface area contributed by atoms with Gasteiger partial charge >= 0.3 is 0 Å². The van der Waals surface area contributed by atoms with Gasteiger partial charge in [0.15, 0.2) is 0 Å². The van der Waals surface area contributed by atoms with E-state index in [0.717, 1.165) is 43.1 Å². The van der Waals surface area contributed by atoms with E-state index < -0.39 is 0 Å². The van der Waals surface area contributed by atoms with Gasteiger partial charge < -0.3 is 10.2 Å². The maximum Gasteiger partial charge on any atom is 0.146 e. The predicted molar refractivity (Wildman–Crippen MR) is 79.7 cm³/mol. The first-order valence-corrected chi connectivity index (χ1v) is 7.55. The molecule has 0 bridgehead atoms. The molecule has 20 heavy (non-hydrogen) atoms. The molecule has 0 aromatic carbocycles. The zero-order valence-electron chi connectivity index (χ0n) is 12.2. The fourth-order valence-electron chi connectivity index (χ4n) is 3.69. The van der Waals surface area contributed by atoms with Gasteiger partial charge in [-0.25, -0.2) is 4.98 Å². The minimum atomic E-state index is 0.384. The van der Waals surface area contributed by atoms with Crippen LogP contribution in [-0.4, -0.2) is 31.2 Å². The molecule has 106 valence electrons. The monoisotopic (exact) mass is 270 g/mol. The van der Waals surface area contributed by atoms with E-state index in [1.807, 2.05) is 19.2 Å². The van der Waals surface area contributed by atoms with E-state index in [9.17, 15) is 5.26 Å². The van der Waals surface area contributed by atoms with E-state index >= 15 is 0 Å². The first-order valence-electron chi connectivity index (χ1n) is 7.55. The maximum atomic E-state index is 9.40. The van der Waals surface area contributed by atoms with Crippen LogP contribution < -0.4 is 10.2 Å². The van der Waals surface area contributed by atoms with Crippen molar-refractivity contribution in [3.8, 4) is 6.07 Å². The average Bonchev–Trinajstić information content (AvgIpc) is 2.48. The molecular formula is C16H22N4. The third-order valence-corrected chi connectivity index (χ3v) is 4.77. The summed E-state index contributed by atoms with van der Waals surface area (Å²) in [6, 6.07) is 4.25. The molecule has 2 saturated heterocycles. The van der Waals surface area contributed by atoms with E-state index in [1.54, 1.807) is 0 Å². The number of hydrogen-bond donors (Lipinski definition) is 1. The second-order valence-electron chi connectivity index (χ2n) is 6.24. The summed E-state index contributed by atoms with van der Waals surface area (Å²) in [7, 11) is 0. The van der Waals surface area contributed by atoms with Crippen molar-refractivity contribution < 1.29 is 0 Å². The number of rotatable bonds is 1. The summed E-state index contributed by atoms with van der Waals surface area (Å²) in [5.74, 6) is 0.886. The van der Waals surface area contributed by atoms with Crippen LogP contribution in [0.4, 0.5) is 5.82 Å². The lowest BCUT2D eigenvalue weighted by atomic mass is 9.74. The molecular weight excluding hydrogens is 248 g/mol. The summed E-state index contributed by atoms with van der Waals surface area (Å²) in [6.45, 7) is 6.30. The molecule has 4 heteroatoms. The number of nitrogens with one attached hydrogen (secondary N) is 1. The lowest BCUT2D eigenvalue weighted by Gasteiger charge is -2.46. The smallest absolute Gasteiger partial charge is 0.146 e. The third-order valence-electron chi connectivity index (χ3n) is 4.77. The Bertz CT molecular complexity index is 520. The molecule has 2 fully saturated rings. The molecule has 0 saturated carbocycles. The first kappa shape index (κ1) is 13.4. The Balaban J connectivity index is 1.87. The first-order chi connectivity index (χ1) is 9.74. The van der Waals surface area contributed by atoms with Crippen LogP contribution in [0.15, 0.2) is 12.3 Å². The molecule has 2 aliphatic rings. The van der Waals surface area contributed by atoms with Crippen molar-refractivity contribution in [3.05, 3.63) is 23.4 Å². The molecule has 1 N–H and O–H groups in total. The van der Waals surface area contributed by atoms with Crippen LogP contribution in [0.2, 0.25) is 0 Å². The largest absolute Gasteiger partial charge is 0.355 e. The molecule has 3 rings (SSSR count). The molecule has 1 aromatic rings. The second-order valence-corrected chi connectivity index (χ2v) is 6.24. The molecule has 4 nitrogen and oxygen atoms in total. The van der Waals surface area contributed by atoms with Crippen LogP contribution >= 0.6 is 0 Å². The van der Waals surface area contributed by atoms with Gasteiger partial charge in [-0.1, -0.05) is 0 Å². The Kier molecular flexibility index (Phi) is 3.62. The van der Waals surface area contributed by atoms with Crippen molar-refractivity contribution in [2.24, 2.45) is 5.41 Å². The Hall–Kier alpha value is -1.60. The van der Waals surface area contributed by atoms with Crippen LogP contribution in [0.5, 0.6) is 0 Å². The van der Waals surface area contributed by atoms with Crippen LogP contribution in [-0.2, 0) is 0 Å². The highest BCUT2D eigenvalue weighted by Gasteiger charge is 2.37. The number of aromatic nitrogens is 1. The van der Waals surface area contributed by atoms with Crippen molar-refractivity contribution in [3.63, 3.8) is 0 Å². The average molecular weight is 270 g/mol. The van der Waals surface area contributed by atoms with Gasteiger partial charge in [-0.2, -0.15) is 5.26 Å². The molecule has 0 radical (unpaired) electrons. The van der Waals surface area contributed by atoms with E-state index in [1.165, 1.54) is 25.7 Å². The fraction of sp³-hybridized carbons (Fsp3) is 0.625. The van der Waals surface area contributed by atoms with Crippen LogP contribution in [0.1, 0.15) is 36.8 Å². The Morgan fingerprint density at radius 3 is 3.00 bits per heavy atom.